The van der Waals surface area contributed by atoms with E-state index in [1.54, 1.807) is 0 Å². The highest BCUT2D eigenvalue weighted by atomic mass is 16.6. The van der Waals surface area contributed by atoms with Crippen molar-refractivity contribution in [2.75, 3.05) is 19.8 Å². The molecule has 0 aliphatic heterocycles. The van der Waals surface area contributed by atoms with Gasteiger partial charge in [-0.1, -0.05) is 132 Å². The van der Waals surface area contributed by atoms with Gasteiger partial charge in [-0.15, -0.1) is 0 Å². The summed E-state index contributed by atoms with van der Waals surface area (Å²) in [5.74, 6) is -0.331. The van der Waals surface area contributed by atoms with Crippen molar-refractivity contribution in [2.24, 2.45) is 0 Å². The average molecular weight is 517 g/mol. The number of aliphatic hydroxyl groups is 1. The first-order valence-electron chi connectivity index (χ1n) is 14.9. The van der Waals surface area contributed by atoms with Gasteiger partial charge in [-0.25, -0.2) is 0 Å². The second-order valence-corrected chi connectivity index (χ2v) is 9.46. The van der Waals surface area contributed by atoms with Crippen LogP contribution in [0.4, 0.5) is 0 Å². The van der Waals surface area contributed by atoms with Crippen molar-refractivity contribution in [3.05, 3.63) is 60.8 Å². The number of hydrogen-bond donors (Lipinski definition) is 1. The lowest BCUT2D eigenvalue weighted by atomic mass is 10.1. The van der Waals surface area contributed by atoms with E-state index in [0.717, 1.165) is 38.5 Å². The summed E-state index contributed by atoms with van der Waals surface area (Å²) in [6, 6.07) is 0. The van der Waals surface area contributed by atoms with Gasteiger partial charge in [0.2, 0.25) is 0 Å². The minimum Gasteiger partial charge on any atom is -0.457 e. The Labute approximate surface area is 228 Å². The number of rotatable bonds is 26. The molecule has 4 nitrogen and oxygen atoms in total. The summed E-state index contributed by atoms with van der Waals surface area (Å²) in [7, 11) is 0. The van der Waals surface area contributed by atoms with E-state index in [2.05, 4.69) is 62.5 Å². The van der Waals surface area contributed by atoms with Crippen molar-refractivity contribution in [3.63, 3.8) is 0 Å². The van der Waals surface area contributed by atoms with E-state index in [9.17, 15) is 9.90 Å². The zero-order valence-corrected chi connectivity index (χ0v) is 24.0. The van der Waals surface area contributed by atoms with Crippen LogP contribution >= 0.6 is 0 Å². The molecule has 1 atom stereocenters. The maximum absolute atomic E-state index is 12.0. The van der Waals surface area contributed by atoms with Crippen LogP contribution in [0.1, 0.15) is 117 Å². The third-order valence-electron chi connectivity index (χ3n) is 5.89. The van der Waals surface area contributed by atoms with Gasteiger partial charge in [0.15, 0.2) is 0 Å². The molecule has 0 aliphatic rings. The molecule has 4 heteroatoms. The molecule has 1 unspecified atom stereocenters. The van der Waals surface area contributed by atoms with Crippen LogP contribution in [0.5, 0.6) is 0 Å². The van der Waals surface area contributed by atoms with E-state index in [0.29, 0.717) is 6.61 Å². The number of ether oxygens (including phenoxy) is 2. The molecule has 0 fully saturated rings. The largest absolute Gasteiger partial charge is 0.457 e. The predicted molar refractivity (Wildman–Crippen MR) is 159 cm³/mol. The highest BCUT2D eigenvalue weighted by molar-refractivity contribution is 5.71. The van der Waals surface area contributed by atoms with E-state index in [4.69, 9.17) is 9.47 Å². The van der Waals surface area contributed by atoms with Crippen LogP contribution in [0.25, 0.3) is 0 Å². The molecular formula is C33H56O4. The number of hydrogen-bond acceptors (Lipinski definition) is 4. The summed E-state index contributed by atoms with van der Waals surface area (Å²) in [5.41, 5.74) is 0. The van der Waals surface area contributed by atoms with Crippen LogP contribution in [0, 0.1) is 0 Å². The molecule has 0 heterocycles. The van der Waals surface area contributed by atoms with Crippen LogP contribution in [0.3, 0.4) is 0 Å². The monoisotopic (exact) mass is 516 g/mol. The van der Waals surface area contributed by atoms with E-state index < -0.39 is 6.10 Å². The molecule has 212 valence electrons. The van der Waals surface area contributed by atoms with E-state index in [-0.39, 0.29) is 25.6 Å². The quantitative estimate of drug-likeness (QED) is 0.0708. The molecule has 0 saturated carbocycles. The summed E-state index contributed by atoms with van der Waals surface area (Å²) in [6.45, 7) is 5.09. The Bertz CT molecular complexity index is 630. The molecule has 37 heavy (non-hydrogen) atoms. The summed E-state index contributed by atoms with van der Waals surface area (Å²) >= 11 is 0. The Morgan fingerprint density at radius 1 is 0.649 bits per heavy atom. The molecule has 0 saturated heterocycles. The second kappa shape index (κ2) is 30.3. The first-order valence-corrected chi connectivity index (χ1v) is 14.9. The van der Waals surface area contributed by atoms with Gasteiger partial charge in [0.1, 0.15) is 6.10 Å². The fourth-order valence-corrected chi connectivity index (χ4v) is 3.69. The molecule has 0 bridgehead atoms. The molecule has 0 spiro atoms. The van der Waals surface area contributed by atoms with E-state index in [1.807, 2.05) is 12.2 Å². The minimum atomic E-state index is -0.585. The summed E-state index contributed by atoms with van der Waals surface area (Å²) < 4.78 is 10.9. The Hall–Kier alpha value is -1.91. The number of carbonyl (C=O) groups is 1. The smallest absolute Gasteiger partial charge is 0.310 e. The van der Waals surface area contributed by atoms with Gasteiger partial charge in [0.05, 0.1) is 19.6 Å². The summed E-state index contributed by atoms with van der Waals surface area (Å²) in [5, 5.41) is 9.46. The van der Waals surface area contributed by atoms with Gasteiger partial charge >= 0.3 is 5.97 Å². The Morgan fingerprint density at radius 2 is 1.11 bits per heavy atom. The summed E-state index contributed by atoms with van der Waals surface area (Å²) in [4.78, 5) is 12.0. The van der Waals surface area contributed by atoms with Crippen molar-refractivity contribution < 1.29 is 19.4 Å². The van der Waals surface area contributed by atoms with Crippen LogP contribution in [-0.4, -0.2) is 37.0 Å². The molecule has 0 rings (SSSR count). The predicted octanol–water partition coefficient (Wildman–Crippen LogP) is 8.97. The van der Waals surface area contributed by atoms with Crippen LogP contribution in [-0.2, 0) is 14.3 Å². The van der Waals surface area contributed by atoms with E-state index >= 15 is 0 Å². The molecule has 0 radical (unpaired) electrons. The third kappa shape index (κ3) is 28.5. The van der Waals surface area contributed by atoms with Crippen molar-refractivity contribution in [1.29, 1.82) is 0 Å². The molecule has 1 N–H and O–H groups in total. The number of esters is 1. The van der Waals surface area contributed by atoms with Crippen LogP contribution in [0.15, 0.2) is 60.8 Å². The van der Waals surface area contributed by atoms with Gasteiger partial charge < -0.3 is 14.6 Å². The first kappa shape index (κ1) is 35.1. The Balaban J connectivity index is 3.68. The number of allylic oxidation sites excluding steroid dienone is 9. The molecule has 0 aromatic heterocycles. The normalized spacial score (nSPS) is 13.3. The standard InChI is InChI=1S/C33H56O4/c1-3-5-7-9-11-13-15-16-17-18-19-20-22-24-26-28-33(35)37-32(30-34)31-36-29-27-25-23-21-14-12-10-8-6-4-2/h5,7,11,13,16-17,19-20,24,26,32,34H,3-4,6,8-10,12,14-15,18,21-23,25,27-31H2,1-2H3/b7-5-,13-11-,17-16-,20-19-,26-24-. The van der Waals surface area contributed by atoms with Crippen LogP contribution in [0.2, 0.25) is 0 Å². The van der Waals surface area contributed by atoms with Crippen molar-refractivity contribution in [1.82, 2.24) is 0 Å². The van der Waals surface area contributed by atoms with Crippen molar-refractivity contribution >= 4 is 5.97 Å². The van der Waals surface area contributed by atoms with Crippen molar-refractivity contribution in [3.8, 4) is 0 Å². The SMILES string of the molecule is CC/C=C\C/C=C\C/C=C\C/C=C\C/C=C\CC(=O)OC(CO)COCCCCCCCCCCCC. The molecular weight excluding hydrogens is 460 g/mol. The lowest BCUT2D eigenvalue weighted by molar-refractivity contribution is -0.153. The average Bonchev–Trinajstić information content (AvgIpc) is 2.90. The first-order chi connectivity index (χ1) is 18.2. The zero-order chi connectivity index (χ0) is 27.1. The topological polar surface area (TPSA) is 55.8 Å². The van der Waals surface area contributed by atoms with Gasteiger partial charge in [-0.3, -0.25) is 4.79 Å². The maximum Gasteiger partial charge on any atom is 0.310 e. The highest BCUT2D eigenvalue weighted by Crippen LogP contribution is 2.10. The van der Waals surface area contributed by atoms with Gasteiger partial charge in [-0.2, -0.15) is 0 Å². The second-order valence-electron chi connectivity index (χ2n) is 9.46. The number of carbonyl (C=O) groups excluding carboxylic acids is 1. The fourth-order valence-electron chi connectivity index (χ4n) is 3.69. The maximum atomic E-state index is 12.0. The molecule has 0 amide bonds. The lowest BCUT2D eigenvalue weighted by Gasteiger charge is -2.15. The number of aliphatic hydroxyl groups excluding tert-OH is 1. The summed E-state index contributed by atoms with van der Waals surface area (Å²) in [6.07, 6.45) is 38.4. The van der Waals surface area contributed by atoms with Gasteiger partial charge in [0, 0.05) is 6.61 Å². The molecule has 0 aliphatic carbocycles. The van der Waals surface area contributed by atoms with Gasteiger partial charge in [0.25, 0.3) is 0 Å². The Morgan fingerprint density at radius 3 is 1.59 bits per heavy atom. The minimum absolute atomic E-state index is 0.211. The third-order valence-corrected chi connectivity index (χ3v) is 5.89. The highest BCUT2D eigenvalue weighted by Gasteiger charge is 2.12. The van der Waals surface area contributed by atoms with Gasteiger partial charge in [-0.05, 0) is 38.5 Å². The van der Waals surface area contributed by atoms with E-state index in [1.165, 1.54) is 57.8 Å². The fraction of sp³-hybridized carbons (Fsp3) is 0.667. The van der Waals surface area contributed by atoms with Crippen molar-refractivity contribution in [2.45, 2.75) is 123 Å². The molecule has 0 aromatic carbocycles. The molecule has 0 aromatic rings. The Kier molecular flexibility index (Phi) is 28.7. The zero-order valence-electron chi connectivity index (χ0n) is 24.0. The lowest BCUT2D eigenvalue weighted by Crippen LogP contribution is -2.27. The number of unbranched alkanes of at least 4 members (excludes halogenated alkanes) is 9. The van der Waals surface area contributed by atoms with Crippen LogP contribution < -0.4 is 0 Å².